The zero-order valence-electron chi connectivity index (χ0n) is 8.75. The maximum Gasteiger partial charge on any atom is 0.168 e. The second-order valence-electron chi connectivity index (χ2n) is 3.14. The van der Waals surface area contributed by atoms with Crippen LogP contribution < -0.4 is 4.74 Å². The molecule has 0 N–H and O–H groups in total. The number of carbonyl (C=O) groups is 1. The van der Waals surface area contributed by atoms with E-state index in [0.29, 0.717) is 23.4 Å². The largest absolute Gasteiger partial charge is 0.494 e. The van der Waals surface area contributed by atoms with Crippen molar-refractivity contribution in [3.05, 3.63) is 42.4 Å². The lowest BCUT2D eigenvalue weighted by Crippen LogP contribution is -1.95. The molecule has 0 aliphatic heterocycles. The quantitative estimate of drug-likeness (QED) is 0.733. The summed E-state index contributed by atoms with van der Waals surface area (Å²) in [6, 6.07) is 6.99. The van der Waals surface area contributed by atoms with E-state index in [1.54, 1.807) is 31.6 Å². The summed E-state index contributed by atoms with van der Waals surface area (Å²) in [6.07, 6.45) is 4.05. The highest BCUT2D eigenvalue weighted by Crippen LogP contribution is 2.27. The van der Waals surface area contributed by atoms with E-state index in [0.717, 1.165) is 5.56 Å². The summed E-state index contributed by atoms with van der Waals surface area (Å²) in [4.78, 5) is 18.8. The average Bonchev–Trinajstić information content (AvgIpc) is 2.39. The van der Waals surface area contributed by atoms with Crippen LogP contribution in [0, 0.1) is 0 Å². The molecule has 2 aromatic rings. The lowest BCUT2D eigenvalue weighted by Gasteiger charge is -2.07. The van der Waals surface area contributed by atoms with Gasteiger partial charge in [-0.2, -0.15) is 0 Å². The number of rotatable bonds is 3. The minimum Gasteiger partial charge on any atom is -0.494 e. The Morgan fingerprint density at radius 1 is 1.19 bits per heavy atom. The van der Waals surface area contributed by atoms with Crippen LogP contribution in [-0.4, -0.2) is 23.4 Å². The third kappa shape index (κ3) is 1.91. The van der Waals surface area contributed by atoms with Crippen molar-refractivity contribution in [3.63, 3.8) is 0 Å². The van der Waals surface area contributed by atoms with Crippen molar-refractivity contribution in [2.75, 3.05) is 7.11 Å². The van der Waals surface area contributed by atoms with Gasteiger partial charge in [0.25, 0.3) is 0 Å². The summed E-state index contributed by atoms with van der Waals surface area (Å²) in [5, 5.41) is 0. The zero-order chi connectivity index (χ0) is 11.4. The monoisotopic (exact) mass is 214 g/mol. The molecule has 80 valence electrons. The van der Waals surface area contributed by atoms with Gasteiger partial charge in [-0.3, -0.25) is 9.78 Å². The Balaban J connectivity index is 2.57. The molecule has 0 aromatic carbocycles. The standard InChI is InChI=1S/C12H10N2O2/c1-16-11-3-2-10(8-15)14-12(11)9-4-6-13-7-5-9/h2-8H,1H3. The normalized spacial score (nSPS) is 9.81. The van der Waals surface area contributed by atoms with Gasteiger partial charge in [0.2, 0.25) is 0 Å². The van der Waals surface area contributed by atoms with E-state index < -0.39 is 0 Å². The van der Waals surface area contributed by atoms with Crippen molar-refractivity contribution in [1.82, 2.24) is 9.97 Å². The molecule has 4 heteroatoms. The summed E-state index contributed by atoms with van der Waals surface area (Å²) >= 11 is 0. The maximum atomic E-state index is 10.7. The first-order valence-corrected chi connectivity index (χ1v) is 4.76. The minimum absolute atomic E-state index is 0.382. The Morgan fingerprint density at radius 2 is 1.94 bits per heavy atom. The molecule has 0 amide bonds. The Kier molecular flexibility index (Phi) is 2.91. The van der Waals surface area contributed by atoms with Gasteiger partial charge in [-0.1, -0.05) is 0 Å². The summed E-state index contributed by atoms with van der Waals surface area (Å²) in [5.41, 5.74) is 1.90. The number of aromatic nitrogens is 2. The first kappa shape index (κ1) is 10.3. The molecule has 0 aliphatic carbocycles. The third-order valence-electron chi connectivity index (χ3n) is 2.17. The van der Waals surface area contributed by atoms with Crippen molar-refractivity contribution in [3.8, 4) is 17.0 Å². The van der Waals surface area contributed by atoms with Crippen molar-refractivity contribution in [2.24, 2.45) is 0 Å². The van der Waals surface area contributed by atoms with Crippen LogP contribution in [0.5, 0.6) is 5.75 Å². The molecule has 2 rings (SSSR count). The first-order valence-electron chi connectivity index (χ1n) is 4.76. The fourth-order valence-electron chi connectivity index (χ4n) is 1.41. The van der Waals surface area contributed by atoms with Gasteiger partial charge in [0.05, 0.1) is 7.11 Å². The summed E-state index contributed by atoms with van der Waals surface area (Å²) in [6.45, 7) is 0. The first-order chi connectivity index (χ1) is 7.85. The van der Waals surface area contributed by atoms with Crippen molar-refractivity contribution >= 4 is 6.29 Å². The summed E-state index contributed by atoms with van der Waals surface area (Å²) in [5.74, 6) is 0.636. The highest BCUT2D eigenvalue weighted by molar-refractivity contribution is 5.76. The van der Waals surface area contributed by atoms with E-state index in [1.165, 1.54) is 0 Å². The summed E-state index contributed by atoms with van der Waals surface area (Å²) in [7, 11) is 1.57. The molecule has 4 nitrogen and oxygen atoms in total. The fraction of sp³-hybridized carbons (Fsp3) is 0.0833. The smallest absolute Gasteiger partial charge is 0.168 e. The van der Waals surface area contributed by atoms with Crippen LogP contribution in [0.2, 0.25) is 0 Å². The number of aldehydes is 1. The molecule has 0 fully saturated rings. The molecule has 0 spiro atoms. The number of hydrogen-bond donors (Lipinski definition) is 0. The molecule has 2 heterocycles. The second-order valence-corrected chi connectivity index (χ2v) is 3.14. The average molecular weight is 214 g/mol. The van der Waals surface area contributed by atoms with Gasteiger partial charge in [0.1, 0.15) is 17.1 Å². The van der Waals surface area contributed by atoms with Crippen LogP contribution in [0.4, 0.5) is 0 Å². The summed E-state index contributed by atoms with van der Waals surface area (Å²) < 4.78 is 5.20. The Bertz CT molecular complexity index is 498. The van der Waals surface area contributed by atoms with Crippen molar-refractivity contribution in [2.45, 2.75) is 0 Å². The molecular formula is C12H10N2O2. The van der Waals surface area contributed by atoms with E-state index >= 15 is 0 Å². The molecular weight excluding hydrogens is 204 g/mol. The Hall–Kier alpha value is -2.23. The molecule has 0 bridgehead atoms. The molecule has 0 saturated carbocycles. The Morgan fingerprint density at radius 3 is 2.56 bits per heavy atom. The molecule has 0 saturated heterocycles. The SMILES string of the molecule is COc1ccc(C=O)nc1-c1ccncc1. The molecule has 0 atom stereocenters. The van der Waals surface area contributed by atoms with E-state index in [1.807, 2.05) is 12.1 Å². The highest BCUT2D eigenvalue weighted by Gasteiger charge is 2.08. The van der Waals surface area contributed by atoms with Gasteiger partial charge < -0.3 is 4.74 Å². The van der Waals surface area contributed by atoms with E-state index in [2.05, 4.69) is 9.97 Å². The van der Waals surface area contributed by atoms with Crippen LogP contribution in [-0.2, 0) is 0 Å². The van der Waals surface area contributed by atoms with Crippen molar-refractivity contribution < 1.29 is 9.53 Å². The van der Waals surface area contributed by atoms with Crippen LogP contribution >= 0.6 is 0 Å². The topological polar surface area (TPSA) is 52.1 Å². The predicted molar refractivity (Wildman–Crippen MR) is 59.4 cm³/mol. The zero-order valence-corrected chi connectivity index (χ0v) is 8.75. The van der Waals surface area contributed by atoms with Crippen LogP contribution in [0.25, 0.3) is 11.3 Å². The van der Waals surface area contributed by atoms with Crippen molar-refractivity contribution in [1.29, 1.82) is 0 Å². The number of pyridine rings is 2. The van der Waals surface area contributed by atoms with Gasteiger partial charge in [-0.25, -0.2) is 4.98 Å². The molecule has 16 heavy (non-hydrogen) atoms. The number of nitrogens with zero attached hydrogens (tertiary/aromatic N) is 2. The van der Waals surface area contributed by atoms with Gasteiger partial charge >= 0.3 is 0 Å². The van der Waals surface area contributed by atoms with E-state index in [4.69, 9.17) is 4.74 Å². The van der Waals surface area contributed by atoms with Crippen LogP contribution in [0.1, 0.15) is 10.5 Å². The third-order valence-corrected chi connectivity index (χ3v) is 2.17. The highest BCUT2D eigenvalue weighted by atomic mass is 16.5. The maximum absolute atomic E-state index is 10.7. The predicted octanol–water partition coefficient (Wildman–Crippen LogP) is 1.96. The Labute approximate surface area is 92.9 Å². The number of methoxy groups -OCH3 is 1. The van der Waals surface area contributed by atoms with Crippen LogP contribution in [0.15, 0.2) is 36.7 Å². The number of ether oxygens (including phenoxy) is 1. The molecule has 2 aromatic heterocycles. The molecule has 0 aliphatic rings. The number of hydrogen-bond acceptors (Lipinski definition) is 4. The van der Waals surface area contributed by atoms with Gasteiger partial charge in [0.15, 0.2) is 6.29 Å². The van der Waals surface area contributed by atoms with Gasteiger partial charge in [-0.05, 0) is 24.3 Å². The number of carbonyl (C=O) groups excluding carboxylic acids is 1. The lowest BCUT2D eigenvalue weighted by atomic mass is 10.1. The lowest BCUT2D eigenvalue weighted by molar-refractivity contribution is 0.111. The minimum atomic E-state index is 0.382. The molecule has 0 radical (unpaired) electrons. The van der Waals surface area contributed by atoms with Gasteiger partial charge in [0, 0.05) is 18.0 Å². The second kappa shape index (κ2) is 4.53. The molecule has 0 unspecified atom stereocenters. The van der Waals surface area contributed by atoms with E-state index in [-0.39, 0.29) is 0 Å². The van der Waals surface area contributed by atoms with Gasteiger partial charge in [-0.15, -0.1) is 0 Å². The van der Waals surface area contributed by atoms with E-state index in [9.17, 15) is 4.79 Å². The van der Waals surface area contributed by atoms with Crippen LogP contribution in [0.3, 0.4) is 0 Å². The fourth-order valence-corrected chi connectivity index (χ4v) is 1.41.